The highest BCUT2D eigenvalue weighted by molar-refractivity contribution is 7.98. The summed E-state index contributed by atoms with van der Waals surface area (Å²) in [7, 11) is 0. The molecule has 1 N–H and O–H groups in total. The van der Waals surface area contributed by atoms with Crippen LogP contribution in [0.5, 0.6) is 0 Å². The third-order valence-electron chi connectivity index (χ3n) is 3.07. The van der Waals surface area contributed by atoms with Crippen LogP contribution < -0.4 is 5.69 Å². The van der Waals surface area contributed by atoms with Gasteiger partial charge in [0, 0.05) is 23.9 Å². The maximum absolute atomic E-state index is 11.5. The van der Waals surface area contributed by atoms with Crippen molar-refractivity contribution < 1.29 is 0 Å². The van der Waals surface area contributed by atoms with Gasteiger partial charge >= 0.3 is 5.69 Å². The zero-order chi connectivity index (χ0) is 13.9. The van der Waals surface area contributed by atoms with Crippen molar-refractivity contribution in [2.45, 2.75) is 24.4 Å². The highest BCUT2D eigenvalue weighted by atomic mass is 32.2. The minimum Gasteiger partial charge on any atom is -0.270 e. The van der Waals surface area contributed by atoms with Gasteiger partial charge in [-0.15, -0.1) is 5.10 Å². The summed E-state index contributed by atoms with van der Waals surface area (Å²) >= 11 is 1.55. The molecule has 0 bridgehead atoms. The van der Waals surface area contributed by atoms with Crippen molar-refractivity contribution in [1.82, 2.24) is 19.7 Å². The molecule has 2 aromatic heterocycles. The number of pyridine rings is 1. The number of H-pyrrole nitrogens is 1. The van der Waals surface area contributed by atoms with E-state index in [9.17, 15) is 4.79 Å². The summed E-state index contributed by atoms with van der Waals surface area (Å²) in [5, 5.41) is 8.37. The first-order valence-electron chi connectivity index (χ1n) is 6.39. The third-order valence-corrected chi connectivity index (χ3v) is 4.12. The van der Waals surface area contributed by atoms with Crippen molar-refractivity contribution in [1.29, 1.82) is 0 Å². The first kappa shape index (κ1) is 12.9. The average Bonchev–Trinajstić information content (AvgIpc) is 2.85. The van der Waals surface area contributed by atoms with Crippen LogP contribution in [0.4, 0.5) is 0 Å². The quantitative estimate of drug-likeness (QED) is 0.748. The number of fused-ring (bicyclic) bond motifs is 1. The molecule has 0 saturated carbocycles. The van der Waals surface area contributed by atoms with Gasteiger partial charge in [0.15, 0.2) is 5.16 Å². The summed E-state index contributed by atoms with van der Waals surface area (Å²) in [6.45, 7) is 2.56. The average molecular weight is 286 g/mol. The molecule has 1 aromatic carbocycles. The van der Waals surface area contributed by atoms with Crippen LogP contribution >= 0.6 is 11.8 Å². The van der Waals surface area contributed by atoms with Crippen molar-refractivity contribution in [3.63, 3.8) is 0 Å². The van der Waals surface area contributed by atoms with Crippen LogP contribution in [0.15, 0.2) is 46.5 Å². The molecule has 0 amide bonds. The second-order valence-electron chi connectivity index (χ2n) is 4.37. The molecule has 2 heterocycles. The SMILES string of the molecule is CCn1c(SCc2ccc3ncccc3c2)n[nH]c1=O. The molecule has 0 radical (unpaired) electrons. The van der Waals surface area contributed by atoms with Gasteiger partial charge in [0.2, 0.25) is 0 Å². The Labute approximate surface area is 120 Å². The smallest absolute Gasteiger partial charge is 0.270 e. The lowest BCUT2D eigenvalue weighted by Crippen LogP contribution is -2.16. The molecule has 0 unspecified atom stereocenters. The van der Waals surface area contributed by atoms with Gasteiger partial charge in [-0.05, 0) is 30.7 Å². The lowest BCUT2D eigenvalue weighted by molar-refractivity contribution is 0.660. The number of hydrogen-bond acceptors (Lipinski definition) is 4. The maximum Gasteiger partial charge on any atom is 0.343 e. The fourth-order valence-electron chi connectivity index (χ4n) is 2.06. The fourth-order valence-corrected chi connectivity index (χ4v) is 3.01. The second-order valence-corrected chi connectivity index (χ2v) is 5.32. The predicted octanol–water partition coefficient (Wildman–Crippen LogP) is 2.43. The van der Waals surface area contributed by atoms with Crippen LogP contribution in [0.2, 0.25) is 0 Å². The van der Waals surface area contributed by atoms with Gasteiger partial charge < -0.3 is 0 Å². The monoisotopic (exact) mass is 286 g/mol. The Morgan fingerprint density at radius 3 is 3.10 bits per heavy atom. The topological polar surface area (TPSA) is 63.6 Å². The number of nitrogens with one attached hydrogen (secondary N) is 1. The molecular weight excluding hydrogens is 272 g/mol. The van der Waals surface area contributed by atoms with Crippen molar-refractivity contribution in [3.8, 4) is 0 Å². The van der Waals surface area contributed by atoms with Crippen LogP contribution in [0.3, 0.4) is 0 Å². The predicted molar refractivity (Wildman–Crippen MR) is 79.8 cm³/mol. The molecule has 20 heavy (non-hydrogen) atoms. The number of rotatable bonds is 4. The number of aromatic amines is 1. The number of thioether (sulfide) groups is 1. The maximum atomic E-state index is 11.5. The molecule has 0 fully saturated rings. The summed E-state index contributed by atoms with van der Waals surface area (Å²) in [6, 6.07) is 10.2. The van der Waals surface area contributed by atoms with Crippen LogP contribution in [0.1, 0.15) is 12.5 Å². The number of aromatic nitrogens is 4. The third kappa shape index (κ3) is 2.46. The zero-order valence-electron chi connectivity index (χ0n) is 11.0. The van der Waals surface area contributed by atoms with Crippen molar-refractivity contribution in [2.75, 3.05) is 0 Å². The Bertz CT molecular complexity index is 793. The Hall–Kier alpha value is -2.08. The molecule has 0 aliphatic heterocycles. The summed E-state index contributed by atoms with van der Waals surface area (Å²) in [4.78, 5) is 15.8. The van der Waals surface area contributed by atoms with Gasteiger partial charge in [-0.1, -0.05) is 23.9 Å². The number of benzene rings is 1. The highest BCUT2D eigenvalue weighted by Crippen LogP contribution is 2.22. The molecule has 0 saturated heterocycles. The van der Waals surface area contributed by atoms with E-state index >= 15 is 0 Å². The van der Waals surface area contributed by atoms with E-state index in [1.54, 1.807) is 22.5 Å². The molecule has 6 heteroatoms. The van der Waals surface area contributed by atoms with E-state index in [2.05, 4.69) is 27.3 Å². The van der Waals surface area contributed by atoms with Crippen molar-refractivity contribution >= 4 is 22.7 Å². The standard InChI is InChI=1S/C14H14N4OS/c1-2-18-13(19)16-17-14(18)20-9-10-5-6-12-11(8-10)4-3-7-15-12/h3-8H,2,9H2,1H3,(H,16,19). The Morgan fingerprint density at radius 1 is 1.35 bits per heavy atom. The number of nitrogens with zero attached hydrogens (tertiary/aromatic N) is 3. The first-order chi connectivity index (χ1) is 9.78. The Balaban J connectivity index is 1.81. The van der Waals surface area contributed by atoms with Gasteiger partial charge in [0.25, 0.3) is 0 Å². The van der Waals surface area contributed by atoms with E-state index in [0.717, 1.165) is 21.8 Å². The second kappa shape index (κ2) is 5.50. The van der Waals surface area contributed by atoms with Gasteiger partial charge in [-0.2, -0.15) is 0 Å². The molecule has 5 nitrogen and oxygen atoms in total. The van der Waals surface area contributed by atoms with Crippen molar-refractivity contribution in [2.24, 2.45) is 0 Å². The summed E-state index contributed by atoms with van der Waals surface area (Å²) in [6.07, 6.45) is 1.79. The van der Waals surface area contributed by atoms with Gasteiger partial charge in [-0.3, -0.25) is 9.55 Å². The zero-order valence-corrected chi connectivity index (χ0v) is 11.9. The molecule has 0 atom stereocenters. The summed E-state index contributed by atoms with van der Waals surface area (Å²) in [5.41, 5.74) is 2.03. The minimum atomic E-state index is -0.155. The van der Waals surface area contributed by atoms with Crippen LogP contribution in [-0.4, -0.2) is 19.7 Å². The molecule has 0 spiro atoms. The van der Waals surface area contributed by atoms with E-state index in [1.165, 1.54) is 5.56 Å². The van der Waals surface area contributed by atoms with E-state index in [4.69, 9.17) is 0 Å². The van der Waals surface area contributed by atoms with Crippen molar-refractivity contribution in [3.05, 3.63) is 52.6 Å². The molecule has 0 aliphatic carbocycles. The molecule has 3 aromatic rings. The van der Waals surface area contributed by atoms with E-state index in [0.29, 0.717) is 6.54 Å². The molecule has 0 aliphatic rings. The molecular formula is C14H14N4OS. The normalized spacial score (nSPS) is 11.1. The van der Waals surface area contributed by atoms with E-state index in [1.807, 2.05) is 25.1 Å². The largest absolute Gasteiger partial charge is 0.343 e. The first-order valence-corrected chi connectivity index (χ1v) is 7.38. The molecule has 102 valence electrons. The van der Waals surface area contributed by atoms with Gasteiger partial charge in [-0.25, -0.2) is 9.89 Å². The van der Waals surface area contributed by atoms with E-state index in [-0.39, 0.29) is 5.69 Å². The minimum absolute atomic E-state index is 0.155. The molecule has 3 rings (SSSR count). The van der Waals surface area contributed by atoms with Crippen LogP contribution in [0, 0.1) is 0 Å². The summed E-state index contributed by atoms with van der Waals surface area (Å²) in [5.74, 6) is 0.773. The number of hydrogen-bond donors (Lipinski definition) is 1. The fraction of sp³-hybridized carbons (Fsp3) is 0.214. The Kier molecular flexibility index (Phi) is 3.56. The van der Waals surface area contributed by atoms with Crippen LogP contribution in [0.25, 0.3) is 10.9 Å². The van der Waals surface area contributed by atoms with Crippen LogP contribution in [-0.2, 0) is 12.3 Å². The Morgan fingerprint density at radius 2 is 2.25 bits per heavy atom. The lowest BCUT2D eigenvalue weighted by Gasteiger charge is -2.04. The van der Waals surface area contributed by atoms with Gasteiger partial charge in [0.1, 0.15) is 0 Å². The lowest BCUT2D eigenvalue weighted by atomic mass is 10.1. The van der Waals surface area contributed by atoms with E-state index < -0.39 is 0 Å². The summed E-state index contributed by atoms with van der Waals surface area (Å²) < 4.78 is 1.63. The highest BCUT2D eigenvalue weighted by Gasteiger charge is 2.07. The van der Waals surface area contributed by atoms with Gasteiger partial charge in [0.05, 0.1) is 5.52 Å².